The number of alkyl halides is 2. The predicted molar refractivity (Wildman–Crippen MR) is 167 cm³/mol. The number of likely N-dealkylation sites (tertiary alicyclic amines) is 1. The lowest BCUT2D eigenvalue weighted by molar-refractivity contribution is -0.132. The van der Waals surface area contributed by atoms with Gasteiger partial charge in [-0.15, -0.1) is 0 Å². The molecule has 0 atom stereocenters. The van der Waals surface area contributed by atoms with E-state index in [1.54, 1.807) is 30.6 Å². The Morgan fingerprint density at radius 1 is 0.978 bits per heavy atom. The minimum atomic E-state index is -2.99. The van der Waals surface area contributed by atoms with Crippen LogP contribution in [0.2, 0.25) is 10.0 Å². The van der Waals surface area contributed by atoms with Gasteiger partial charge in [-0.05, 0) is 61.7 Å². The molecule has 0 aliphatic carbocycles. The maximum absolute atomic E-state index is 12.5. The van der Waals surface area contributed by atoms with E-state index in [0.717, 1.165) is 76.5 Å². The number of anilines is 1. The van der Waals surface area contributed by atoms with Crippen LogP contribution in [0.15, 0.2) is 42.7 Å². The summed E-state index contributed by atoms with van der Waals surface area (Å²) in [6.45, 7) is 7.67. The zero-order chi connectivity index (χ0) is 31.3. The fraction of sp³-hybridized carbons (Fsp3) is 0.484. The van der Waals surface area contributed by atoms with E-state index in [0.29, 0.717) is 45.9 Å². The minimum Gasteiger partial charge on any atom is -0.436 e. The second-order valence-corrected chi connectivity index (χ2v) is 12.5. The van der Waals surface area contributed by atoms with Gasteiger partial charge >= 0.3 is 6.43 Å². The molecule has 14 heteroatoms. The Morgan fingerprint density at radius 3 is 2.29 bits per heavy atom. The van der Waals surface area contributed by atoms with E-state index in [9.17, 15) is 13.6 Å². The third-order valence-corrected chi connectivity index (χ3v) is 8.90. The molecule has 3 aliphatic heterocycles. The van der Waals surface area contributed by atoms with E-state index < -0.39 is 12.3 Å². The summed E-state index contributed by atoms with van der Waals surface area (Å²) in [4.78, 5) is 32.1. The molecule has 3 fully saturated rings. The number of nitrogens with zero attached hydrogens (tertiary/aromatic N) is 6. The zero-order valence-corrected chi connectivity index (χ0v) is 26.2. The van der Waals surface area contributed by atoms with Crippen molar-refractivity contribution >= 4 is 35.1 Å². The Morgan fingerprint density at radius 2 is 1.67 bits per heavy atom. The number of nitrogens with one attached hydrogen (secondary N) is 1. The summed E-state index contributed by atoms with van der Waals surface area (Å²) in [6.07, 6.45) is 1.92. The van der Waals surface area contributed by atoms with E-state index in [4.69, 9.17) is 37.7 Å². The highest BCUT2D eigenvalue weighted by molar-refractivity contribution is 6.35. The van der Waals surface area contributed by atoms with Gasteiger partial charge in [-0.3, -0.25) is 14.6 Å². The van der Waals surface area contributed by atoms with Crippen LogP contribution in [-0.4, -0.2) is 102 Å². The van der Waals surface area contributed by atoms with Gasteiger partial charge in [0.05, 0.1) is 37.3 Å². The van der Waals surface area contributed by atoms with Crippen molar-refractivity contribution in [2.45, 2.75) is 31.9 Å². The van der Waals surface area contributed by atoms with Crippen LogP contribution in [-0.2, 0) is 16.1 Å². The molecule has 1 aromatic carbocycles. The number of carbonyl (C=O) groups is 1. The van der Waals surface area contributed by atoms with E-state index >= 15 is 0 Å². The summed E-state index contributed by atoms with van der Waals surface area (Å²) in [5.41, 5.74) is 2.39. The normalized spacial score (nSPS) is 18.6. The smallest absolute Gasteiger partial charge is 0.315 e. The van der Waals surface area contributed by atoms with E-state index in [-0.39, 0.29) is 12.5 Å². The Hall–Kier alpha value is -3.16. The van der Waals surface area contributed by atoms with Crippen molar-refractivity contribution in [1.82, 2.24) is 30.1 Å². The maximum Gasteiger partial charge on any atom is 0.315 e. The Kier molecular flexibility index (Phi) is 10.3. The van der Waals surface area contributed by atoms with E-state index in [2.05, 4.69) is 30.0 Å². The lowest BCUT2D eigenvalue weighted by atomic mass is 9.96. The number of benzene rings is 1. The van der Waals surface area contributed by atoms with Crippen LogP contribution in [0.5, 0.6) is 11.6 Å². The first kappa shape index (κ1) is 31.8. The van der Waals surface area contributed by atoms with E-state index in [1.165, 1.54) is 0 Å². The summed E-state index contributed by atoms with van der Waals surface area (Å²) in [7, 11) is 0. The van der Waals surface area contributed by atoms with Crippen LogP contribution < -0.4 is 15.0 Å². The lowest BCUT2D eigenvalue weighted by Gasteiger charge is -2.42. The fourth-order valence-corrected chi connectivity index (χ4v) is 6.37. The highest BCUT2D eigenvalue weighted by atomic mass is 35.5. The van der Waals surface area contributed by atoms with Crippen molar-refractivity contribution in [2.24, 2.45) is 5.92 Å². The summed E-state index contributed by atoms with van der Waals surface area (Å²) < 4.78 is 36.6. The third kappa shape index (κ3) is 8.36. The number of piperazine rings is 1. The molecule has 0 unspecified atom stereocenters. The van der Waals surface area contributed by atoms with Gasteiger partial charge < -0.3 is 19.7 Å². The monoisotopic (exact) mass is 661 g/mol. The second kappa shape index (κ2) is 14.5. The SMILES string of the molecule is O=C(NCC1CCN(Cc2cc(Oc3cnc(N4CCN(C5COC5)CC4)nc3)nc(-c3cc(Cl)cc(Cl)c3)c2)CC1)C(F)F. The van der Waals surface area contributed by atoms with Crippen molar-refractivity contribution in [1.29, 1.82) is 0 Å². The third-order valence-electron chi connectivity index (χ3n) is 8.47. The van der Waals surface area contributed by atoms with Crippen LogP contribution in [0.25, 0.3) is 11.3 Å². The van der Waals surface area contributed by atoms with Gasteiger partial charge in [-0.25, -0.2) is 15.0 Å². The predicted octanol–water partition coefficient (Wildman–Crippen LogP) is 4.75. The maximum atomic E-state index is 12.5. The van der Waals surface area contributed by atoms with Crippen LogP contribution in [0.4, 0.5) is 14.7 Å². The molecular formula is C31H35Cl2F2N7O3. The number of amides is 1. The van der Waals surface area contributed by atoms with Gasteiger partial charge in [0.15, 0.2) is 5.75 Å². The summed E-state index contributed by atoms with van der Waals surface area (Å²) in [6, 6.07) is 9.68. The van der Waals surface area contributed by atoms with Crippen LogP contribution in [0.3, 0.4) is 0 Å². The number of hydrogen-bond donors (Lipinski definition) is 1. The Balaban J connectivity index is 1.12. The van der Waals surface area contributed by atoms with Gasteiger partial charge in [-0.2, -0.15) is 8.78 Å². The molecule has 45 heavy (non-hydrogen) atoms. The number of ether oxygens (including phenoxy) is 2. The number of carbonyl (C=O) groups excluding carboxylic acids is 1. The first-order valence-corrected chi connectivity index (χ1v) is 15.9. The molecule has 3 aliphatic rings. The topological polar surface area (TPSA) is 96.0 Å². The van der Waals surface area contributed by atoms with Gasteiger partial charge in [-0.1, -0.05) is 23.2 Å². The summed E-state index contributed by atoms with van der Waals surface area (Å²) in [5, 5.41) is 3.34. The molecule has 0 bridgehead atoms. The number of piperidine rings is 1. The second-order valence-electron chi connectivity index (χ2n) is 11.7. The molecular weight excluding hydrogens is 627 g/mol. The summed E-state index contributed by atoms with van der Waals surface area (Å²) in [5.74, 6) is 0.466. The van der Waals surface area contributed by atoms with Crippen molar-refractivity contribution in [3.8, 4) is 22.9 Å². The van der Waals surface area contributed by atoms with Crippen LogP contribution in [0.1, 0.15) is 18.4 Å². The number of hydrogen-bond acceptors (Lipinski definition) is 9. The van der Waals surface area contributed by atoms with Crippen LogP contribution in [0, 0.1) is 5.92 Å². The molecule has 240 valence electrons. The molecule has 3 aromatic rings. The molecule has 5 heterocycles. The minimum absolute atomic E-state index is 0.161. The molecule has 1 N–H and O–H groups in total. The highest BCUT2D eigenvalue weighted by Gasteiger charge is 2.29. The fourth-order valence-electron chi connectivity index (χ4n) is 5.85. The van der Waals surface area contributed by atoms with Gasteiger partial charge in [0, 0.05) is 60.9 Å². The van der Waals surface area contributed by atoms with Crippen molar-refractivity contribution in [3.05, 3.63) is 58.3 Å². The van der Waals surface area contributed by atoms with Gasteiger partial charge in [0.25, 0.3) is 5.91 Å². The molecule has 0 saturated carbocycles. The zero-order valence-electron chi connectivity index (χ0n) is 24.7. The molecule has 1 amide bonds. The lowest BCUT2D eigenvalue weighted by Crippen LogP contribution is -2.56. The molecule has 3 saturated heterocycles. The first-order chi connectivity index (χ1) is 21.8. The molecule has 6 rings (SSSR count). The van der Waals surface area contributed by atoms with E-state index in [1.807, 2.05) is 12.1 Å². The number of halogens is 4. The Labute approximate surface area is 270 Å². The quantitative estimate of drug-likeness (QED) is 0.330. The van der Waals surface area contributed by atoms with Crippen molar-refractivity contribution < 1.29 is 23.0 Å². The first-order valence-electron chi connectivity index (χ1n) is 15.1. The Bertz CT molecular complexity index is 1450. The average molecular weight is 663 g/mol. The van der Waals surface area contributed by atoms with Crippen molar-refractivity contribution in [2.75, 3.05) is 63.9 Å². The molecule has 10 nitrogen and oxygen atoms in total. The molecule has 0 radical (unpaired) electrons. The van der Waals surface area contributed by atoms with Gasteiger partial charge in [0.2, 0.25) is 11.8 Å². The van der Waals surface area contributed by atoms with Crippen molar-refractivity contribution in [3.63, 3.8) is 0 Å². The summed E-state index contributed by atoms with van der Waals surface area (Å²) >= 11 is 12.6. The largest absolute Gasteiger partial charge is 0.436 e. The number of aromatic nitrogens is 3. The highest BCUT2D eigenvalue weighted by Crippen LogP contribution is 2.31. The molecule has 0 spiro atoms. The van der Waals surface area contributed by atoms with Gasteiger partial charge in [0.1, 0.15) is 0 Å². The van der Waals surface area contributed by atoms with Crippen LogP contribution >= 0.6 is 23.2 Å². The molecule has 2 aromatic heterocycles. The number of rotatable bonds is 10. The standard InChI is InChI=1S/C31H35Cl2F2N7O3/c32-23-11-22(12-24(33)13-23)27-9-21(17-40-3-1-20(2-4-40)14-36-30(43)29(34)35)10-28(39-27)45-26-15-37-31(38-16-26)42-7-5-41(6-8-42)25-18-44-19-25/h9-13,15-16,20,25,29H,1-8,14,17-19H2,(H,36,43). The number of pyridine rings is 1. The average Bonchev–Trinajstić information content (AvgIpc) is 3.00.